The predicted octanol–water partition coefficient (Wildman–Crippen LogP) is 7.30. The molecule has 0 aliphatic carbocycles. The molecule has 5 aromatic rings. The van der Waals surface area contributed by atoms with Gasteiger partial charge in [-0.2, -0.15) is 0 Å². The number of fused-ring (bicyclic) bond motifs is 1. The Balaban J connectivity index is 1.23. The molecule has 0 N–H and O–H groups in total. The number of nitrogens with zero attached hydrogens (tertiary/aromatic N) is 1. The molecule has 4 aromatic carbocycles. The van der Waals surface area contributed by atoms with Gasteiger partial charge in [-0.1, -0.05) is 71.8 Å². The summed E-state index contributed by atoms with van der Waals surface area (Å²) < 4.78 is 20.1. The number of carbonyl (C=O) groups excluding carboxylic acids is 2. The molecule has 6 heteroatoms. The fourth-order valence-electron chi connectivity index (χ4n) is 5.20. The van der Waals surface area contributed by atoms with Crippen molar-refractivity contribution < 1.29 is 23.8 Å². The van der Waals surface area contributed by atoms with E-state index in [1.165, 1.54) is 0 Å². The molecule has 1 aliphatic heterocycles. The first-order valence-corrected chi connectivity index (χ1v) is 13.8. The summed E-state index contributed by atoms with van der Waals surface area (Å²) in [6.45, 7) is 3.89. The van der Waals surface area contributed by atoms with Gasteiger partial charge in [0.25, 0.3) is 0 Å². The van der Waals surface area contributed by atoms with Gasteiger partial charge in [0.1, 0.15) is 25.0 Å². The lowest BCUT2D eigenvalue weighted by Crippen LogP contribution is -2.32. The fraction of sp³-hybridized carbons (Fsp3) is 0.200. The van der Waals surface area contributed by atoms with Gasteiger partial charge in [0.2, 0.25) is 0 Å². The highest BCUT2D eigenvalue weighted by molar-refractivity contribution is 5.90. The number of hydrogen-bond acceptors (Lipinski definition) is 5. The van der Waals surface area contributed by atoms with Gasteiger partial charge in [0.05, 0.1) is 16.6 Å². The second-order valence-electron chi connectivity index (χ2n) is 10.5. The van der Waals surface area contributed by atoms with Crippen LogP contribution in [0.3, 0.4) is 0 Å². The molecule has 0 unspecified atom stereocenters. The van der Waals surface area contributed by atoms with Gasteiger partial charge in [-0.25, -0.2) is 9.59 Å². The Bertz CT molecular complexity index is 1670. The van der Waals surface area contributed by atoms with E-state index in [-0.39, 0.29) is 6.61 Å². The van der Waals surface area contributed by atoms with E-state index in [1.54, 1.807) is 24.3 Å². The maximum Gasteiger partial charge on any atom is 0.338 e. The number of carbonyl (C=O) groups is 2. The lowest BCUT2D eigenvalue weighted by Gasteiger charge is -2.19. The second-order valence-corrected chi connectivity index (χ2v) is 10.5. The minimum Gasteiger partial charge on any atom is -0.459 e. The predicted molar refractivity (Wildman–Crippen MR) is 158 cm³/mol. The van der Waals surface area contributed by atoms with E-state index >= 15 is 0 Å². The third-order valence-electron chi connectivity index (χ3n) is 7.53. The van der Waals surface area contributed by atoms with Crippen LogP contribution in [0.1, 0.15) is 44.5 Å². The number of esters is 2. The van der Waals surface area contributed by atoms with Crippen LogP contribution in [0, 0.1) is 13.8 Å². The van der Waals surface area contributed by atoms with E-state index in [4.69, 9.17) is 14.2 Å². The molecule has 1 aliphatic rings. The van der Waals surface area contributed by atoms with E-state index in [2.05, 4.69) is 41.0 Å². The Hall–Kier alpha value is -4.68. The number of rotatable bonds is 7. The molecule has 0 amide bonds. The van der Waals surface area contributed by atoms with E-state index < -0.39 is 30.4 Å². The Kier molecular flexibility index (Phi) is 7.40. The summed E-state index contributed by atoms with van der Waals surface area (Å²) in [5.41, 5.74) is 6.34. The average Bonchev–Trinajstić information content (AvgIpc) is 3.60. The molecule has 1 aromatic heterocycles. The zero-order valence-corrected chi connectivity index (χ0v) is 23.0. The Labute approximate surface area is 239 Å². The van der Waals surface area contributed by atoms with Crippen molar-refractivity contribution in [1.29, 1.82) is 0 Å². The van der Waals surface area contributed by atoms with Crippen LogP contribution in [-0.4, -0.2) is 35.3 Å². The molecule has 3 atom stereocenters. The highest BCUT2D eigenvalue weighted by Crippen LogP contribution is 2.35. The van der Waals surface area contributed by atoms with E-state index in [0.29, 0.717) is 17.5 Å². The zero-order chi connectivity index (χ0) is 28.3. The second kappa shape index (κ2) is 11.4. The van der Waals surface area contributed by atoms with Crippen molar-refractivity contribution in [2.75, 3.05) is 6.61 Å². The SMILES string of the molecule is Cc1ccc(C(=O)OC[C@H]2O[C@H](n3ccc4cc(-c5ccccc5)ccc43)C[C@@H]2OC(=O)c2ccc(C)cc2)cc1. The summed E-state index contributed by atoms with van der Waals surface area (Å²) in [7, 11) is 0. The number of hydrogen-bond donors (Lipinski definition) is 0. The van der Waals surface area contributed by atoms with E-state index in [9.17, 15) is 9.59 Å². The number of ether oxygens (including phenoxy) is 3. The molecule has 6 nitrogen and oxygen atoms in total. The minimum absolute atomic E-state index is 0.0353. The molecule has 1 saturated heterocycles. The summed E-state index contributed by atoms with van der Waals surface area (Å²) in [6, 6.07) is 33.1. The number of aromatic nitrogens is 1. The van der Waals surface area contributed by atoms with Gasteiger partial charge in [-0.3, -0.25) is 0 Å². The lowest BCUT2D eigenvalue weighted by atomic mass is 10.0. The van der Waals surface area contributed by atoms with Crippen molar-refractivity contribution >= 4 is 22.8 Å². The average molecular weight is 546 g/mol. The Morgan fingerprint density at radius 3 is 2.12 bits per heavy atom. The molecule has 0 saturated carbocycles. The summed E-state index contributed by atoms with van der Waals surface area (Å²) in [5.74, 6) is -0.875. The van der Waals surface area contributed by atoms with Crippen LogP contribution < -0.4 is 0 Å². The summed E-state index contributed by atoms with van der Waals surface area (Å²) in [6.07, 6.45) is 0.803. The largest absolute Gasteiger partial charge is 0.459 e. The smallest absolute Gasteiger partial charge is 0.338 e. The molecular weight excluding hydrogens is 514 g/mol. The van der Waals surface area contributed by atoms with E-state index in [1.807, 2.05) is 62.5 Å². The van der Waals surface area contributed by atoms with E-state index in [0.717, 1.165) is 33.2 Å². The Morgan fingerprint density at radius 2 is 1.44 bits per heavy atom. The quantitative estimate of drug-likeness (QED) is 0.201. The number of aryl methyl sites for hydroxylation is 2. The normalized spacial score (nSPS) is 18.3. The lowest BCUT2D eigenvalue weighted by molar-refractivity contribution is -0.0561. The first-order chi connectivity index (χ1) is 19.9. The maximum absolute atomic E-state index is 13.0. The van der Waals surface area contributed by atoms with Crippen LogP contribution in [0.25, 0.3) is 22.0 Å². The van der Waals surface area contributed by atoms with Crippen molar-refractivity contribution in [2.24, 2.45) is 0 Å². The molecule has 0 radical (unpaired) electrons. The van der Waals surface area contributed by atoms with Crippen LogP contribution in [0.5, 0.6) is 0 Å². The first kappa shape index (κ1) is 26.5. The molecule has 0 spiro atoms. The molecule has 41 heavy (non-hydrogen) atoms. The van der Waals surface area contributed by atoms with Crippen LogP contribution in [0.4, 0.5) is 0 Å². The van der Waals surface area contributed by atoms with Crippen LogP contribution in [0.15, 0.2) is 109 Å². The molecule has 1 fully saturated rings. The monoisotopic (exact) mass is 545 g/mol. The molecular formula is C35H31NO5. The zero-order valence-electron chi connectivity index (χ0n) is 23.0. The maximum atomic E-state index is 13.0. The summed E-state index contributed by atoms with van der Waals surface area (Å²) in [4.78, 5) is 25.8. The van der Waals surface area contributed by atoms with Gasteiger partial charge in [0, 0.05) is 18.0 Å². The van der Waals surface area contributed by atoms with Crippen LogP contribution in [0.2, 0.25) is 0 Å². The van der Waals surface area contributed by atoms with Crippen molar-refractivity contribution in [3.05, 3.63) is 132 Å². The van der Waals surface area contributed by atoms with Crippen LogP contribution in [-0.2, 0) is 14.2 Å². The third kappa shape index (κ3) is 5.79. The van der Waals surface area contributed by atoms with Crippen molar-refractivity contribution in [2.45, 2.75) is 38.7 Å². The highest BCUT2D eigenvalue weighted by Gasteiger charge is 2.40. The minimum atomic E-state index is -0.621. The standard InChI is InChI=1S/C35H31NO5/c1-23-8-12-26(13-9-23)34(37)39-22-32-31(41-35(38)27-14-10-24(2)11-15-27)21-33(40-32)36-19-18-29-20-28(16-17-30(29)36)25-6-4-3-5-7-25/h3-20,31-33H,21-22H2,1-2H3/t31-,32+,33-/m0/s1. The van der Waals surface area contributed by atoms with Crippen molar-refractivity contribution in [1.82, 2.24) is 4.57 Å². The van der Waals surface area contributed by atoms with Crippen LogP contribution >= 0.6 is 0 Å². The van der Waals surface area contributed by atoms with Gasteiger partial charge >= 0.3 is 11.9 Å². The van der Waals surface area contributed by atoms with Crippen molar-refractivity contribution in [3.63, 3.8) is 0 Å². The highest BCUT2D eigenvalue weighted by atomic mass is 16.6. The Morgan fingerprint density at radius 1 is 0.780 bits per heavy atom. The molecule has 2 heterocycles. The van der Waals surface area contributed by atoms with Gasteiger partial charge in [-0.05, 0) is 67.4 Å². The third-order valence-corrected chi connectivity index (χ3v) is 7.53. The fourth-order valence-corrected chi connectivity index (χ4v) is 5.20. The van der Waals surface area contributed by atoms with Gasteiger partial charge in [0.15, 0.2) is 0 Å². The van der Waals surface area contributed by atoms with Crippen molar-refractivity contribution in [3.8, 4) is 11.1 Å². The molecule has 206 valence electrons. The summed E-state index contributed by atoms with van der Waals surface area (Å²) in [5, 5.41) is 1.08. The summed E-state index contributed by atoms with van der Waals surface area (Å²) >= 11 is 0. The number of benzene rings is 4. The van der Waals surface area contributed by atoms with Gasteiger partial charge < -0.3 is 18.8 Å². The molecule has 0 bridgehead atoms. The van der Waals surface area contributed by atoms with Gasteiger partial charge in [-0.15, -0.1) is 0 Å². The topological polar surface area (TPSA) is 66.8 Å². The molecule has 6 rings (SSSR count). The first-order valence-electron chi connectivity index (χ1n) is 13.8.